The lowest BCUT2D eigenvalue weighted by molar-refractivity contribution is -0.0659. The fraction of sp³-hybridized carbons (Fsp3) is 1.00. The predicted molar refractivity (Wildman–Crippen MR) is 78.8 cm³/mol. The first kappa shape index (κ1) is 15.2. The van der Waals surface area contributed by atoms with Crippen LogP contribution in [0, 0.1) is 5.92 Å². The number of morpholine rings is 1. The van der Waals surface area contributed by atoms with E-state index in [9.17, 15) is 0 Å². The largest absolute Gasteiger partial charge is 0.374 e. The molecule has 3 N–H and O–H groups in total. The highest BCUT2D eigenvalue weighted by atomic mass is 16.5. The fourth-order valence-corrected chi connectivity index (χ4v) is 3.60. The third-order valence-corrected chi connectivity index (χ3v) is 4.86. The molecule has 0 aromatic carbocycles. The summed E-state index contributed by atoms with van der Waals surface area (Å²) in [6, 6.07) is 0.915. The van der Waals surface area contributed by atoms with Crippen LogP contribution in [0.1, 0.15) is 52.4 Å². The fourth-order valence-electron chi connectivity index (χ4n) is 3.60. The van der Waals surface area contributed by atoms with Crippen molar-refractivity contribution in [2.45, 2.75) is 70.6 Å². The van der Waals surface area contributed by atoms with Gasteiger partial charge in [0.15, 0.2) is 0 Å². The lowest BCUT2D eigenvalue weighted by Gasteiger charge is -2.41. The van der Waals surface area contributed by atoms with Crippen molar-refractivity contribution in [3.05, 3.63) is 0 Å². The average Bonchev–Trinajstić information content (AvgIpc) is 2.69. The average molecular weight is 269 g/mol. The van der Waals surface area contributed by atoms with Gasteiger partial charge in [-0.25, -0.2) is 0 Å². The molecule has 0 aromatic heterocycles. The van der Waals surface area contributed by atoms with Gasteiger partial charge in [-0.15, -0.1) is 0 Å². The Labute approximate surface area is 118 Å². The zero-order valence-electron chi connectivity index (χ0n) is 12.6. The molecule has 2 aliphatic rings. The van der Waals surface area contributed by atoms with Gasteiger partial charge < -0.3 is 4.74 Å². The van der Waals surface area contributed by atoms with Crippen LogP contribution in [0.25, 0.3) is 0 Å². The first-order valence-corrected chi connectivity index (χ1v) is 8.04. The number of ether oxygens (including phenoxy) is 1. The topological polar surface area (TPSA) is 50.5 Å². The molecule has 0 spiro atoms. The number of rotatable bonds is 4. The van der Waals surface area contributed by atoms with E-state index in [2.05, 4.69) is 24.2 Å². The Kier molecular flexibility index (Phi) is 6.07. The Balaban J connectivity index is 1.95. The Morgan fingerprint density at radius 1 is 1.16 bits per heavy atom. The molecule has 0 radical (unpaired) electrons. The Morgan fingerprint density at radius 2 is 1.84 bits per heavy atom. The second-order valence-electron chi connectivity index (χ2n) is 6.44. The Hall–Kier alpha value is -0.160. The molecule has 2 atom stereocenters. The van der Waals surface area contributed by atoms with Crippen molar-refractivity contribution in [2.24, 2.45) is 11.8 Å². The highest BCUT2D eigenvalue weighted by molar-refractivity contribution is 4.88. The third kappa shape index (κ3) is 4.15. The molecule has 2 unspecified atom stereocenters. The number of nitrogens with one attached hydrogen (secondary N) is 1. The summed E-state index contributed by atoms with van der Waals surface area (Å²) in [5.41, 5.74) is 3.08. The molecular weight excluding hydrogens is 238 g/mol. The van der Waals surface area contributed by atoms with E-state index in [1.807, 2.05) is 0 Å². The molecule has 1 saturated heterocycles. The van der Waals surface area contributed by atoms with E-state index in [0.29, 0.717) is 18.0 Å². The van der Waals surface area contributed by atoms with Crippen LogP contribution in [-0.4, -0.2) is 42.8 Å². The van der Waals surface area contributed by atoms with Crippen molar-refractivity contribution in [3.63, 3.8) is 0 Å². The van der Waals surface area contributed by atoms with Gasteiger partial charge in [0.2, 0.25) is 0 Å². The van der Waals surface area contributed by atoms with Crippen LogP contribution in [-0.2, 0) is 4.74 Å². The van der Waals surface area contributed by atoms with Gasteiger partial charge in [0.05, 0.1) is 18.8 Å². The Morgan fingerprint density at radius 3 is 2.42 bits per heavy atom. The number of hydrogen-bond donors (Lipinski definition) is 2. The molecule has 1 heterocycles. The summed E-state index contributed by atoms with van der Waals surface area (Å²) in [7, 11) is 0. The van der Waals surface area contributed by atoms with E-state index in [4.69, 9.17) is 10.6 Å². The van der Waals surface area contributed by atoms with Crippen LogP contribution >= 0.6 is 0 Å². The van der Waals surface area contributed by atoms with Crippen molar-refractivity contribution < 1.29 is 4.74 Å². The van der Waals surface area contributed by atoms with E-state index in [1.54, 1.807) is 0 Å². The highest BCUT2D eigenvalue weighted by Crippen LogP contribution is 2.28. The van der Waals surface area contributed by atoms with E-state index < -0.39 is 0 Å². The molecular formula is C15H31N3O. The molecule has 2 rings (SSSR count). The smallest absolute Gasteiger partial charge is 0.0871 e. The minimum absolute atomic E-state index is 0.254. The van der Waals surface area contributed by atoms with Gasteiger partial charge in [-0.2, -0.15) is 0 Å². The summed E-state index contributed by atoms with van der Waals surface area (Å²) >= 11 is 0. The maximum Gasteiger partial charge on any atom is 0.0871 e. The summed E-state index contributed by atoms with van der Waals surface area (Å²) in [6.07, 6.45) is 8.33. The molecule has 0 aromatic rings. The monoisotopic (exact) mass is 269 g/mol. The number of nitrogens with two attached hydrogens (primary N) is 1. The molecule has 4 nitrogen and oxygen atoms in total. The zero-order valence-corrected chi connectivity index (χ0v) is 12.6. The molecule has 112 valence electrons. The molecule has 4 heteroatoms. The van der Waals surface area contributed by atoms with Gasteiger partial charge in [-0.05, 0) is 32.6 Å². The summed E-state index contributed by atoms with van der Waals surface area (Å²) in [4.78, 5) is 2.51. The maximum atomic E-state index is 6.02. The quantitative estimate of drug-likeness (QED) is 0.465. The van der Waals surface area contributed by atoms with Crippen LogP contribution in [0.2, 0.25) is 0 Å². The normalized spacial score (nSPS) is 29.4. The van der Waals surface area contributed by atoms with Crippen molar-refractivity contribution in [2.75, 3.05) is 19.7 Å². The minimum atomic E-state index is 0.254. The van der Waals surface area contributed by atoms with Gasteiger partial charge in [0, 0.05) is 19.1 Å². The molecule has 19 heavy (non-hydrogen) atoms. The van der Waals surface area contributed by atoms with Gasteiger partial charge in [-0.1, -0.05) is 25.7 Å². The van der Waals surface area contributed by atoms with Gasteiger partial charge in [0.25, 0.3) is 0 Å². The summed E-state index contributed by atoms with van der Waals surface area (Å²) in [6.45, 7) is 7.44. The highest BCUT2D eigenvalue weighted by Gasteiger charge is 2.33. The molecule has 1 aliphatic heterocycles. The standard InChI is InChI=1S/C15H31N3O/c1-12(2)18-9-10-19-14(11-18)15(17-16)13-7-5-3-4-6-8-13/h12-15,17H,3-11,16H2,1-2H3. The first-order valence-electron chi connectivity index (χ1n) is 8.04. The second-order valence-corrected chi connectivity index (χ2v) is 6.44. The van der Waals surface area contributed by atoms with Crippen LogP contribution in [0.3, 0.4) is 0 Å². The first-order chi connectivity index (χ1) is 9.22. The Bertz CT molecular complexity index is 252. The summed E-state index contributed by atoms with van der Waals surface area (Å²) < 4.78 is 6.02. The van der Waals surface area contributed by atoms with Crippen LogP contribution in [0.15, 0.2) is 0 Å². The second kappa shape index (κ2) is 7.58. The zero-order chi connectivity index (χ0) is 13.7. The third-order valence-electron chi connectivity index (χ3n) is 4.86. The number of hydrogen-bond acceptors (Lipinski definition) is 4. The SMILES string of the molecule is CC(C)N1CCOC(C(NN)C2CCCCCC2)C1. The van der Waals surface area contributed by atoms with E-state index in [1.165, 1.54) is 38.5 Å². The summed E-state index contributed by atoms with van der Waals surface area (Å²) in [5.74, 6) is 6.54. The van der Waals surface area contributed by atoms with Crippen molar-refractivity contribution in [1.82, 2.24) is 10.3 Å². The number of nitrogens with zero attached hydrogens (tertiary/aromatic N) is 1. The van der Waals surface area contributed by atoms with Crippen LogP contribution in [0.4, 0.5) is 0 Å². The van der Waals surface area contributed by atoms with Crippen molar-refractivity contribution in [3.8, 4) is 0 Å². The van der Waals surface area contributed by atoms with Gasteiger partial charge >= 0.3 is 0 Å². The van der Waals surface area contributed by atoms with Gasteiger partial charge in [0.1, 0.15) is 0 Å². The predicted octanol–water partition coefficient (Wildman–Crippen LogP) is 1.90. The van der Waals surface area contributed by atoms with E-state index in [-0.39, 0.29) is 6.10 Å². The molecule has 1 saturated carbocycles. The minimum Gasteiger partial charge on any atom is -0.374 e. The molecule has 2 fully saturated rings. The lowest BCUT2D eigenvalue weighted by atomic mass is 9.88. The van der Waals surface area contributed by atoms with Crippen LogP contribution < -0.4 is 11.3 Å². The van der Waals surface area contributed by atoms with Crippen LogP contribution in [0.5, 0.6) is 0 Å². The van der Waals surface area contributed by atoms with E-state index >= 15 is 0 Å². The van der Waals surface area contributed by atoms with Crippen molar-refractivity contribution >= 4 is 0 Å². The lowest BCUT2D eigenvalue weighted by Crippen LogP contribution is -2.57. The molecule has 0 bridgehead atoms. The van der Waals surface area contributed by atoms with E-state index in [0.717, 1.165) is 19.7 Å². The summed E-state index contributed by atoms with van der Waals surface area (Å²) in [5, 5.41) is 0. The maximum absolute atomic E-state index is 6.02. The molecule has 1 aliphatic carbocycles. The van der Waals surface area contributed by atoms with Gasteiger partial charge in [-0.3, -0.25) is 16.2 Å². The number of hydrazine groups is 1. The van der Waals surface area contributed by atoms with Crippen molar-refractivity contribution in [1.29, 1.82) is 0 Å². The molecule has 0 amide bonds.